The van der Waals surface area contributed by atoms with Crippen LogP contribution in [0.25, 0.3) is 11.1 Å². The van der Waals surface area contributed by atoms with Gasteiger partial charge in [-0.1, -0.05) is 37.4 Å². The summed E-state index contributed by atoms with van der Waals surface area (Å²) in [6.07, 6.45) is 1.56. The van der Waals surface area contributed by atoms with E-state index in [-0.39, 0.29) is 25.4 Å². The standard InChI is InChI=1S/C31H30O9/c1-3-29(33)38-20-19-37-26-11-9-24(10-12-26)23-5-7-25(8-6-23)31(35)40-28-15-13-27(14-16-28)36-17-4-18-39-30(34)22(2)21-32/h3,5-16,32H,1-2,4,17-21H2. The van der Waals surface area contributed by atoms with E-state index in [4.69, 9.17) is 28.8 Å². The molecule has 208 valence electrons. The van der Waals surface area contributed by atoms with Crippen molar-refractivity contribution in [1.29, 1.82) is 0 Å². The molecule has 0 amide bonds. The molecule has 0 saturated carbocycles. The number of rotatable bonds is 15. The fourth-order valence-electron chi connectivity index (χ4n) is 3.25. The molecule has 9 nitrogen and oxygen atoms in total. The SMILES string of the molecule is C=CC(=O)OCCOc1ccc(-c2ccc(C(=O)Oc3ccc(OCCCOC(=O)C(=C)CO)cc3)cc2)cc1. The second kappa shape index (κ2) is 15.5. The average molecular weight is 547 g/mol. The number of ether oxygens (including phenoxy) is 5. The highest BCUT2D eigenvalue weighted by molar-refractivity contribution is 5.91. The highest BCUT2D eigenvalue weighted by Gasteiger charge is 2.10. The van der Waals surface area contributed by atoms with Crippen LogP contribution in [0.1, 0.15) is 16.8 Å². The molecule has 0 bridgehead atoms. The van der Waals surface area contributed by atoms with Crippen molar-refractivity contribution in [3.8, 4) is 28.4 Å². The summed E-state index contributed by atoms with van der Waals surface area (Å²) in [7, 11) is 0. The zero-order valence-corrected chi connectivity index (χ0v) is 21.9. The summed E-state index contributed by atoms with van der Waals surface area (Å²) in [6.45, 7) is 7.10. The maximum Gasteiger partial charge on any atom is 0.343 e. The summed E-state index contributed by atoms with van der Waals surface area (Å²) in [5, 5.41) is 8.83. The molecule has 0 saturated heterocycles. The number of hydrogen-bond donors (Lipinski definition) is 1. The third-order valence-corrected chi connectivity index (χ3v) is 5.38. The van der Waals surface area contributed by atoms with E-state index >= 15 is 0 Å². The molecule has 0 aliphatic rings. The van der Waals surface area contributed by atoms with E-state index in [2.05, 4.69) is 13.2 Å². The van der Waals surface area contributed by atoms with Crippen LogP contribution in [-0.4, -0.2) is 56.0 Å². The van der Waals surface area contributed by atoms with Crippen molar-refractivity contribution in [2.45, 2.75) is 6.42 Å². The Kier molecular flexibility index (Phi) is 11.5. The predicted octanol–water partition coefficient (Wildman–Crippen LogP) is 4.54. The lowest BCUT2D eigenvalue weighted by Crippen LogP contribution is -2.12. The number of esters is 3. The highest BCUT2D eigenvalue weighted by Crippen LogP contribution is 2.24. The molecule has 0 atom stereocenters. The summed E-state index contributed by atoms with van der Waals surface area (Å²) in [5.74, 6) is -0.0390. The van der Waals surface area contributed by atoms with Crippen LogP contribution in [0.4, 0.5) is 0 Å². The fourth-order valence-corrected chi connectivity index (χ4v) is 3.25. The number of carbonyl (C=O) groups is 3. The normalized spacial score (nSPS) is 10.2. The fraction of sp³-hybridized carbons (Fsp3) is 0.194. The molecule has 3 aromatic carbocycles. The van der Waals surface area contributed by atoms with E-state index < -0.39 is 24.5 Å². The summed E-state index contributed by atoms with van der Waals surface area (Å²) in [4.78, 5) is 35.0. The minimum atomic E-state index is -0.633. The maximum absolute atomic E-state index is 12.6. The molecular weight excluding hydrogens is 516 g/mol. The van der Waals surface area contributed by atoms with Gasteiger partial charge in [0.25, 0.3) is 0 Å². The van der Waals surface area contributed by atoms with Crippen molar-refractivity contribution in [3.63, 3.8) is 0 Å². The summed E-state index contributed by atoms with van der Waals surface area (Å²) >= 11 is 0. The zero-order chi connectivity index (χ0) is 28.7. The summed E-state index contributed by atoms with van der Waals surface area (Å²) < 4.78 is 26.4. The van der Waals surface area contributed by atoms with Gasteiger partial charge in [0.2, 0.25) is 0 Å². The Bertz CT molecular complexity index is 1290. The second-order valence-electron chi connectivity index (χ2n) is 8.28. The first kappa shape index (κ1) is 29.7. The number of benzene rings is 3. The number of hydrogen-bond acceptors (Lipinski definition) is 9. The quantitative estimate of drug-likeness (QED) is 0.127. The van der Waals surface area contributed by atoms with Crippen LogP contribution in [0.3, 0.4) is 0 Å². The van der Waals surface area contributed by atoms with Crippen molar-refractivity contribution in [2.75, 3.05) is 33.0 Å². The Hall–Kier alpha value is -4.89. The van der Waals surface area contributed by atoms with Gasteiger partial charge < -0.3 is 28.8 Å². The van der Waals surface area contributed by atoms with Crippen molar-refractivity contribution < 1.29 is 43.2 Å². The number of aliphatic hydroxyl groups is 1. The van der Waals surface area contributed by atoms with Crippen LogP contribution in [-0.2, 0) is 19.1 Å². The second-order valence-corrected chi connectivity index (χ2v) is 8.28. The van der Waals surface area contributed by atoms with Crippen molar-refractivity contribution in [1.82, 2.24) is 0 Å². The molecule has 40 heavy (non-hydrogen) atoms. The Morgan fingerprint density at radius 2 is 1.25 bits per heavy atom. The molecule has 0 heterocycles. The highest BCUT2D eigenvalue weighted by atomic mass is 16.6. The molecule has 1 N–H and O–H groups in total. The summed E-state index contributed by atoms with van der Waals surface area (Å²) in [6, 6.07) is 21.0. The van der Waals surface area contributed by atoms with Gasteiger partial charge in [0, 0.05) is 12.5 Å². The van der Waals surface area contributed by atoms with Crippen LogP contribution in [0.5, 0.6) is 17.2 Å². The third kappa shape index (κ3) is 9.45. The first-order chi connectivity index (χ1) is 19.4. The molecule has 0 fully saturated rings. The van der Waals surface area contributed by atoms with Gasteiger partial charge >= 0.3 is 17.9 Å². The van der Waals surface area contributed by atoms with E-state index in [0.717, 1.165) is 17.2 Å². The van der Waals surface area contributed by atoms with E-state index in [0.29, 0.717) is 35.8 Å². The monoisotopic (exact) mass is 546 g/mol. The van der Waals surface area contributed by atoms with Gasteiger partial charge in [-0.15, -0.1) is 0 Å². The van der Waals surface area contributed by atoms with Crippen molar-refractivity contribution in [2.24, 2.45) is 0 Å². The number of aliphatic hydroxyl groups excluding tert-OH is 1. The molecule has 0 unspecified atom stereocenters. The van der Waals surface area contributed by atoms with Crippen molar-refractivity contribution in [3.05, 3.63) is 103 Å². The lowest BCUT2D eigenvalue weighted by atomic mass is 10.0. The minimum Gasteiger partial charge on any atom is -0.493 e. The van der Waals surface area contributed by atoms with E-state index in [9.17, 15) is 14.4 Å². The molecule has 0 aromatic heterocycles. The van der Waals surface area contributed by atoms with Gasteiger partial charge in [-0.05, 0) is 59.7 Å². The van der Waals surface area contributed by atoms with Crippen LogP contribution in [0.2, 0.25) is 0 Å². The lowest BCUT2D eigenvalue weighted by molar-refractivity contribution is -0.140. The van der Waals surface area contributed by atoms with Crippen LogP contribution >= 0.6 is 0 Å². The van der Waals surface area contributed by atoms with E-state index in [1.54, 1.807) is 36.4 Å². The van der Waals surface area contributed by atoms with Gasteiger partial charge in [-0.2, -0.15) is 0 Å². The Balaban J connectivity index is 1.43. The van der Waals surface area contributed by atoms with Gasteiger partial charge in [-0.3, -0.25) is 0 Å². The molecular formula is C31H30O9. The molecule has 9 heteroatoms. The largest absolute Gasteiger partial charge is 0.493 e. The topological polar surface area (TPSA) is 118 Å². The first-order valence-electron chi connectivity index (χ1n) is 12.4. The average Bonchev–Trinajstić information content (AvgIpc) is 2.99. The van der Waals surface area contributed by atoms with Crippen LogP contribution in [0, 0.1) is 0 Å². The number of carbonyl (C=O) groups excluding carboxylic acids is 3. The van der Waals surface area contributed by atoms with Crippen LogP contribution in [0.15, 0.2) is 97.6 Å². The van der Waals surface area contributed by atoms with Crippen LogP contribution < -0.4 is 14.2 Å². The Labute approximate surface area is 232 Å². The third-order valence-electron chi connectivity index (χ3n) is 5.38. The minimum absolute atomic E-state index is 0.00201. The van der Waals surface area contributed by atoms with Gasteiger partial charge in [0.15, 0.2) is 0 Å². The molecule has 3 rings (SSSR count). The Morgan fingerprint density at radius 1 is 0.700 bits per heavy atom. The predicted molar refractivity (Wildman–Crippen MR) is 147 cm³/mol. The molecule has 0 radical (unpaired) electrons. The molecule has 0 spiro atoms. The lowest BCUT2D eigenvalue weighted by Gasteiger charge is -2.09. The molecule has 3 aromatic rings. The summed E-state index contributed by atoms with van der Waals surface area (Å²) in [5.41, 5.74) is 2.26. The maximum atomic E-state index is 12.6. The molecule has 0 aliphatic carbocycles. The van der Waals surface area contributed by atoms with E-state index in [1.165, 1.54) is 0 Å². The zero-order valence-electron chi connectivity index (χ0n) is 21.9. The Morgan fingerprint density at radius 3 is 1.85 bits per heavy atom. The van der Waals surface area contributed by atoms with Gasteiger partial charge in [0.05, 0.1) is 31.0 Å². The smallest absolute Gasteiger partial charge is 0.343 e. The van der Waals surface area contributed by atoms with Crippen molar-refractivity contribution >= 4 is 17.9 Å². The van der Waals surface area contributed by atoms with Gasteiger partial charge in [-0.25, -0.2) is 14.4 Å². The van der Waals surface area contributed by atoms with E-state index in [1.807, 2.05) is 36.4 Å². The van der Waals surface area contributed by atoms with Gasteiger partial charge in [0.1, 0.15) is 30.5 Å². The first-order valence-corrected chi connectivity index (χ1v) is 12.4. The molecule has 0 aliphatic heterocycles.